The van der Waals surface area contributed by atoms with E-state index < -0.39 is 0 Å². The van der Waals surface area contributed by atoms with Crippen molar-refractivity contribution in [2.24, 2.45) is 0 Å². The number of methoxy groups -OCH3 is 2. The molecule has 0 saturated carbocycles. The van der Waals surface area contributed by atoms with Crippen molar-refractivity contribution in [3.8, 4) is 11.5 Å². The van der Waals surface area contributed by atoms with Gasteiger partial charge in [-0.1, -0.05) is 50.5 Å². The fourth-order valence-electron chi connectivity index (χ4n) is 3.78. The molecule has 0 aromatic heterocycles. The number of unbranched alkanes of at least 4 members (excludes halogenated alkanes) is 3. The Kier molecular flexibility index (Phi) is 7.87. The van der Waals surface area contributed by atoms with Gasteiger partial charge in [-0.2, -0.15) is 0 Å². The van der Waals surface area contributed by atoms with Crippen molar-refractivity contribution in [3.05, 3.63) is 59.2 Å². The van der Waals surface area contributed by atoms with E-state index in [-0.39, 0.29) is 11.3 Å². The van der Waals surface area contributed by atoms with Crippen LogP contribution in [0.15, 0.2) is 42.5 Å². The van der Waals surface area contributed by atoms with Gasteiger partial charge in [-0.15, -0.1) is 11.8 Å². The van der Waals surface area contributed by atoms with Gasteiger partial charge in [0.05, 0.1) is 14.2 Å². The Morgan fingerprint density at radius 3 is 2.55 bits per heavy atom. The lowest BCUT2D eigenvalue weighted by atomic mass is 10.0. The molecule has 29 heavy (non-hydrogen) atoms. The zero-order chi connectivity index (χ0) is 20.6. The van der Waals surface area contributed by atoms with Gasteiger partial charge in [0, 0.05) is 23.4 Å². The van der Waals surface area contributed by atoms with Crippen molar-refractivity contribution in [2.45, 2.75) is 44.4 Å². The van der Waals surface area contributed by atoms with Crippen LogP contribution >= 0.6 is 11.8 Å². The van der Waals surface area contributed by atoms with E-state index in [0.29, 0.717) is 11.5 Å². The molecule has 1 aliphatic heterocycles. The summed E-state index contributed by atoms with van der Waals surface area (Å²) in [6, 6.07) is 14.0. The first-order chi connectivity index (χ1) is 14.2. The van der Waals surface area contributed by atoms with Crippen molar-refractivity contribution in [1.29, 1.82) is 0 Å². The third-order valence-electron chi connectivity index (χ3n) is 5.37. The summed E-state index contributed by atoms with van der Waals surface area (Å²) in [5.41, 5.74) is 3.03. The first-order valence-electron chi connectivity index (χ1n) is 10.4. The molecule has 2 aromatic rings. The maximum absolute atomic E-state index is 13.2. The largest absolute Gasteiger partial charge is 0.493 e. The highest BCUT2D eigenvalue weighted by Gasteiger charge is 2.33. The number of nitrogens with zero attached hydrogens (tertiary/aromatic N) is 1. The van der Waals surface area contributed by atoms with Crippen molar-refractivity contribution < 1.29 is 14.3 Å². The lowest BCUT2D eigenvalue weighted by molar-refractivity contribution is 0.0759. The van der Waals surface area contributed by atoms with E-state index in [1.54, 1.807) is 26.0 Å². The van der Waals surface area contributed by atoms with Crippen LogP contribution in [0.2, 0.25) is 0 Å². The van der Waals surface area contributed by atoms with E-state index in [4.69, 9.17) is 9.47 Å². The van der Waals surface area contributed by atoms with Gasteiger partial charge in [-0.3, -0.25) is 4.79 Å². The Morgan fingerprint density at radius 1 is 1.07 bits per heavy atom. The summed E-state index contributed by atoms with van der Waals surface area (Å²) < 4.78 is 11.0. The second kappa shape index (κ2) is 10.6. The number of hydrogen-bond donors (Lipinski definition) is 0. The molecule has 0 N–H and O–H groups in total. The number of carbonyl (C=O) groups excluding carboxylic acids is 1. The normalized spacial score (nSPS) is 16.1. The van der Waals surface area contributed by atoms with Gasteiger partial charge in [0.2, 0.25) is 0 Å². The average molecular weight is 414 g/mol. The molecule has 1 fully saturated rings. The van der Waals surface area contributed by atoms with Gasteiger partial charge in [-0.25, -0.2) is 0 Å². The molecule has 1 amide bonds. The fraction of sp³-hybridized carbons (Fsp3) is 0.458. The van der Waals surface area contributed by atoms with Gasteiger partial charge in [0.25, 0.3) is 5.91 Å². The molecule has 0 radical (unpaired) electrons. The van der Waals surface area contributed by atoms with E-state index in [2.05, 4.69) is 19.1 Å². The van der Waals surface area contributed by atoms with E-state index in [1.807, 2.05) is 35.2 Å². The van der Waals surface area contributed by atoms with Crippen LogP contribution in [-0.4, -0.2) is 37.3 Å². The minimum absolute atomic E-state index is 0.0683. The SMILES string of the molecule is CCCCCCc1ccc(C(=O)N2CCS[C@@H]2c2cccc(OC)c2OC)cc1. The van der Waals surface area contributed by atoms with Crippen LogP contribution < -0.4 is 9.47 Å². The number of hydrogen-bond acceptors (Lipinski definition) is 4. The van der Waals surface area contributed by atoms with Gasteiger partial charge < -0.3 is 14.4 Å². The minimum Gasteiger partial charge on any atom is -0.493 e. The molecule has 1 heterocycles. The second-order valence-electron chi connectivity index (χ2n) is 7.31. The highest BCUT2D eigenvalue weighted by molar-refractivity contribution is 7.99. The second-order valence-corrected chi connectivity index (χ2v) is 8.50. The molecular formula is C24H31NO3S. The van der Waals surface area contributed by atoms with Crippen LogP contribution in [0, 0.1) is 0 Å². The maximum Gasteiger partial charge on any atom is 0.255 e. The van der Waals surface area contributed by atoms with Gasteiger partial charge in [0.1, 0.15) is 5.37 Å². The highest BCUT2D eigenvalue weighted by atomic mass is 32.2. The van der Waals surface area contributed by atoms with E-state index >= 15 is 0 Å². The third-order valence-corrected chi connectivity index (χ3v) is 6.61. The first-order valence-corrected chi connectivity index (χ1v) is 11.5. The quantitative estimate of drug-likeness (QED) is 0.493. The number of amides is 1. The molecule has 0 spiro atoms. The number of ether oxygens (including phenoxy) is 2. The summed E-state index contributed by atoms with van der Waals surface area (Å²) >= 11 is 1.76. The summed E-state index contributed by atoms with van der Waals surface area (Å²) in [5.74, 6) is 2.38. The van der Waals surface area contributed by atoms with E-state index in [0.717, 1.165) is 29.8 Å². The zero-order valence-electron chi connectivity index (χ0n) is 17.6. The topological polar surface area (TPSA) is 38.8 Å². The van der Waals surface area contributed by atoms with Crippen molar-refractivity contribution >= 4 is 17.7 Å². The molecule has 3 rings (SSSR count). The van der Waals surface area contributed by atoms with E-state index in [1.165, 1.54) is 31.2 Å². The third kappa shape index (κ3) is 5.08. The van der Waals surface area contributed by atoms with Crippen LogP contribution in [0.3, 0.4) is 0 Å². The van der Waals surface area contributed by atoms with Crippen LogP contribution in [0.1, 0.15) is 59.5 Å². The fourth-order valence-corrected chi connectivity index (χ4v) is 5.05. The summed E-state index contributed by atoms with van der Waals surface area (Å²) in [7, 11) is 3.28. The molecule has 1 atom stereocenters. The summed E-state index contributed by atoms with van der Waals surface area (Å²) in [5, 5.41) is -0.0683. The minimum atomic E-state index is -0.0683. The van der Waals surface area contributed by atoms with Crippen LogP contribution in [0.25, 0.3) is 0 Å². The molecule has 0 bridgehead atoms. The van der Waals surface area contributed by atoms with Gasteiger partial charge in [-0.05, 0) is 36.6 Å². The average Bonchev–Trinajstić information content (AvgIpc) is 3.25. The molecule has 1 saturated heterocycles. The Hall–Kier alpha value is -2.14. The summed E-state index contributed by atoms with van der Waals surface area (Å²) in [4.78, 5) is 15.2. The van der Waals surface area contributed by atoms with Gasteiger partial charge >= 0.3 is 0 Å². The molecule has 1 aliphatic rings. The monoisotopic (exact) mass is 413 g/mol. The predicted octanol–water partition coefficient (Wildman–Crippen LogP) is 5.71. The maximum atomic E-state index is 13.2. The number of thioether (sulfide) groups is 1. The van der Waals surface area contributed by atoms with Crippen molar-refractivity contribution in [3.63, 3.8) is 0 Å². The van der Waals surface area contributed by atoms with Gasteiger partial charge in [0.15, 0.2) is 11.5 Å². The molecule has 156 valence electrons. The predicted molar refractivity (Wildman–Crippen MR) is 120 cm³/mol. The van der Waals surface area contributed by atoms with Crippen LogP contribution in [0.5, 0.6) is 11.5 Å². The number of carbonyl (C=O) groups is 1. The first kappa shape index (κ1) is 21.6. The van der Waals surface area contributed by atoms with Crippen LogP contribution in [-0.2, 0) is 6.42 Å². The van der Waals surface area contributed by atoms with Crippen molar-refractivity contribution in [1.82, 2.24) is 4.90 Å². The molecule has 0 unspecified atom stereocenters. The Balaban J connectivity index is 1.74. The van der Waals surface area contributed by atoms with E-state index in [9.17, 15) is 4.79 Å². The molecular weight excluding hydrogens is 382 g/mol. The number of benzene rings is 2. The molecule has 2 aromatic carbocycles. The molecule has 0 aliphatic carbocycles. The number of rotatable bonds is 9. The molecule has 4 nitrogen and oxygen atoms in total. The van der Waals surface area contributed by atoms with Crippen molar-refractivity contribution in [2.75, 3.05) is 26.5 Å². The standard InChI is InChI=1S/C24H31NO3S/c1-4-5-6-7-9-18-12-14-19(15-13-18)23(26)25-16-17-29-24(25)20-10-8-11-21(27-2)22(20)28-3/h8,10-15,24H,4-7,9,16-17H2,1-3H3/t24-/m1/s1. The number of para-hydroxylation sites is 1. The summed E-state index contributed by atoms with van der Waals surface area (Å²) in [6.45, 7) is 2.96. The van der Waals surface area contributed by atoms with Crippen LogP contribution in [0.4, 0.5) is 0 Å². The summed E-state index contributed by atoms with van der Waals surface area (Å²) in [6.07, 6.45) is 6.10. The lowest BCUT2D eigenvalue weighted by Gasteiger charge is -2.26. The Bertz CT molecular complexity index is 806. The zero-order valence-corrected chi connectivity index (χ0v) is 18.5. The number of aryl methyl sites for hydroxylation is 1. The highest BCUT2D eigenvalue weighted by Crippen LogP contribution is 2.45. The molecule has 5 heteroatoms. The Labute approximate surface area is 178 Å². The lowest BCUT2D eigenvalue weighted by Crippen LogP contribution is -2.30. The Morgan fingerprint density at radius 2 is 1.86 bits per heavy atom. The smallest absolute Gasteiger partial charge is 0.255 e.